The molecule has 0 saturated carbocycles. The molecule has 0 amide bonds. The van der Waals surface area contributed by atoms with Gasteiger partial charge in [-0.25, -0.2) is 0 Å². The van der Waals surface area contributed by atoms with E-state index in [1.54, 1.807) is 38.0 Å². The van der Waals surface area contributed by atoms with Crippen molar-refractivity contribution in [3.63, 3.8) is 0 Å². The number of rotatable bonds is 4. The van der Waals surface area contributed by atoms with Crippen molar-refractivity contribution in [3.05, 3.63) is 0 Å². The van der Waals surface area contributed by atoms with E-state index in [9.17, 15) is 13.2 Å². The van der Waals surface area contributed by atoms with Crippen LogP contribution in [-0.2, 0) is 0 Å². The highest BCUT2D eigenvalue weighted by atomic mass is 32.2. The molecule has 2 nitrogen and oxygen atoms in total. The Balaban J connectivity index is 3.98. The zero-order chi connectivity index (χ0) is 10.6. The minimum Gasteiger partial charge on any atom is -0.286 e. The van der Waals surface area contributed by atoms with Crippen molar-refractivity contribution < 1.29 is 13.2 Å². The number of hydrogen-bond acceptors (Lipinski definition) is 3. The first-order chi connectivity index (χ1) is 5.74. The minimum atomic E-state index is -4.09. The van der Waals surface area contributed by atoms with Crippen LogP contribution in [0.25, 0.3) is 0 Å². The molecule has 0 aromatic heterocycles. The van der Waals surface area contributed by atoms with Crippen LogP contribution in [0.2, 0.25) is 0 Å². The van der Waals surface area contributed by atoms with E-state index in [2.05, 4.69) is 0 Å². The molecule has 0 aliphatic heterocycles. The quantitative estimate of drug-likeness (QED) is 0.660. The standard InChI is InChI=1S/C7H15F3N2S/c1-11(2)6(12(3)4)13-5-7(8,9)10/h6H,5H2,1-4H3. The molecule has 0 unspecified atom stereocenters. The summed E-state index contributed by atoms with van der Waals surface area (Å²) in [7, 11) is 7.03. The van der Waals surface area contributed by atoms with Gasteiger partial charge in [0.15, 0.2) is 0 Å². The summed E-state index contributed by atoms with van der Waals surface area (Å²) in [6.45, 7) is 0. The Morgan fingerprint density at radius 3 is 1.69 bits per heavy atom. The average Bonchev–Trinajstić information content (AvgIpc) is 1.82. The van der Waals surface area contributed by atoms with Crippen molar-refractivity contribution in [2.45, 2.75) is 11.7 Å². The third kappa shape index (κ3) is 6.17. The fourth-order valence-corrected chi connectivity index (χ4v) is 1.86. The fraction of sp³-hybridized carbons (Fsp3) is 1.00. The van der Waals surface area contributed by atoms with Crippen molar-refractivity contribution in [3.8, 4) is 0 Å². The normalized spacial score (nSPS) is 13.4. The third-order valence-corrected chi connectivity index (χ3v) is 2.91. The van der Waals surface area contributed by atoms with Crippen LogP contribution in [0, 0.1) is 0 Å². The predicted molar refractivity (Wildman–Crippen MR) is 49.7 cm³/mol. The number of alkyl halides is 3. The van der Waals surface area contributed by atoms with Crippen LogP contribution in [0.4, 0.5) is 13.2 Å². The molecule has 80 valence electrons. The molecule has 6 heteroatoms. The zero-order valence-electron chi connectivity index (χ0n) is 8.22. The molecule has 0 bridgehead atoms. The van der Waals surface area contributed by atoms with Gasteiger partial charge in [-0.05, 0) is 28.2 Å². The van der Waals surface area contributed by atoms with E-state index < -0.39 is 11.9 Å². The van der Waals surface area contributed by atoms with E-state index in [1.807, 2.05) is 0 Å². The Morgan fingerprint density at radius 2 is 1.46 bits per heavy atom. The molecular weight excluding hydrogens is 201 g/mol. The summed E-state index contributed by atoms with van der Waals surface area (Å²) in [4.78, 5) is 3.49. The first-order valence-corrected chi connectivity index (χ1v) is 4.80. The molecule has 0 aliphatic carbocycles. The predicted octanol–water partition coefficient (Wildman–Crippen LogP) is 1.69. The molecule has 0 rings (SSSR count). The summed E-state index contributed by atoms with van der Waals surface area (Å²) in [6, 6.07) is 0. The number of thioether (sulfide) groups is 1. The van der Waals surface area contributed by atoms with Crippen molar-refractivity contribution >= 4 is 11.8 Å². The van der Waals surface area contributed by atoms with Gasteiger partial charge in [-0.3, -0.25) is 9.80 Å². The van der Waals surface area contributed by atoms with Gasteiger partial charge in [-0.15, -0.1) is 11.8 Å². The summed E-state index contributed by atoms with van der Waals surface area (Å²) in [5.41, 5.74) is -0.235. The number of hydrogen-bond donors (Lipinski definition) is 0. The van der Waals surface area contributed by atoms with Gasteiger partial charge in [-0.1, -0.05) is 0 Å². The van der Waals surface area contributed by atoms with Gasteiger partial charge >= 0.3 is 6.18 Å². The van der Waals surface area contributed by atoms with Crippen LogP contribution in [0.15, 0.2) is 0 Å². The Morgan fingerprint density at radius 1 is 1.08 bits per heavy atom. The summed E-state index contributed by atoms with van der Waals surface area (Å²) in [5, 5.41) is 0. The second-order valence-electron chi connectivity index (χ2n) is 3.18. The van der Waals surface area contributed by atoms with Crippen LogP contribution in [0.3, 0.4) is 0 Å². The lowest BCUT2D eigenvalue weighted by Crippen LogP contribution is -2.38. The molecule has 0 aromatic rings. The highest BCUT2D eigenvalue weighted by Gasteiger charge is 2.30. The van der Waals surface area contributed by atoms with Crippen LogP contribution >= 0.6 is 11.8 Å². The van der Waals surface area contributed by atoms with Gasteiger partial charge in [0.1, 0.15) is 5.50 Å². The molecule has 0 radical (unpaired) electrons. The van der Waals surface area contributed by atoms with E-state index in [0.717, 1.165) is 11.8 Å². The second-order valence-corrected chi connectivity index (χ2v) is 4.22. The van der Waals surface area contributed by atoms with Gasteiger partial charge in [0, 0.05) is 0 Å². The highest BCUT2D eigenvalue weighted by Crippen LogP contribution is 2.25. The van der Waals surface area contributed by atoms with Crippen molar-refractivity contribution in [2.75, 3.05) is 33.9 Å². The summed E-state index contributed by atoms with van der Waals surface area (Å²) in [6.07, 6.45) is -4.09. The number of halogens is 3. The van der Waals surface area contributed by atoms with E-state index >= 15 is 0 Å². The highest BCUT2D eigenvalue weighted by molar-refractivity contribution is 7.99. The zero-order valence-corrected chi connectivity index (χ0v) is 9.04. The fourth-order valence-electron chi connectivity index (χ4n) is 0.929. The van der Waals surface area contributed by atoms with Gasteiger partial charge < -0.3 is 0 Å². The second kappa shape index (κ2) is 5.07. The van der Waals surface area contributed by atoms with E-state index in [4.69, 9.17) is 0 Å². The first-order valence-electron chi connectivity index (χ1n) is 3.75. The summed E-state index contributed by atoms with van der Waals surface area (Å²) in [5.74, 6) is -0.811. The molecule has 0 atom stereocenters. The average molecular weight is 216 g/mol. The van der Waals surface area contributed by atoms with Crippen molar-refractivity contribution in [1.82, 2.24) is 9.80 Å². The Kier molecular flexibility index (Phi) is 5.09. The van der Waals surface area contributed by atoms with Crippen molar-refractivity contribution in [2.24, 2.45) is 0 Å². The molecule has 0 aliphatic rings. The van der Waals surface area contributed by atoms with E-state index in [0.29, 0.717) is 0 Å². The summed E-state index contributed by atoms with van der Waals surface area (Å²) < 4.78 is 35.7. The van der Waals surface area contributed by atoms with Crippen LogP contribution in [0.1, 0.15) is 0 Å². The maximum Gasteiger partial charge on any atom is 0.397 e. The van der Waals surface area contributed by atoms with Crippen LogP contribution < -0.4 is 0 Å². The molecule has 0 heterocycles. The Labute approximate surface area is 81.1 Å². The van der Waals surface area contributed by atoms with Gasteiger partial charge in [0.2, 0.25) is 0 Å². The molecular formula is C7H15F3N2S. The smallest absolute Gasteiger partial charge is 0.286 e. The SMILES string of the molecule is CN(C)C(SCC(F)(F)F)N(C)C. The molecule has 0 N–H and O–H groups in total. The van der Waals surface area contributed by atoms with Gasteiger partial charge in [0.25, 0.3) is 0 Å². The van der Waals surface area contributed by atoms with Gasteiger partial charge in [0.05, 0.1) is 5.75 Å². The maximum atomic E-state index is 11.9. The Hall–Kier alpha value is 0.0600. The van der Waals surface area contributed by atoms with Crippen molar-refractivity contribution in [1.29, 1.82) is 0 Å². The van der Waals surface area contributed by atoms with Crippen LogP contribution in [-0.4, -0.2) is 55.4 Å². The van der Waals surface area contributed by atoms with Crippen LogP contribution in [0.5, 0.6) is 0 Å². The maximum absolute atomic E-state index is 11.9. The minimum absolute atomic E-state index is 0.235. The number of nitrogens with zero attached hydrogens (tertiary/aromatic N) is 2. The molecule has 0 spiro atoms. The molecule has 0 fully saturated rings. The lowest BCUT2D eigenvalue weighted by molar-refractivity contribution is -0.105. The molecule has 0 aromatic carbocycles. The lowest BCUT2D eigenvalue weighted by Gasteiger charge is -2.29. The topological polar surface area (TPSA) is 6.48 Å². The largest absolute Gasteiger partial charge is 0.397 e. The molecule has 13 heavy (non-hydrogen) atoms. The lowest BCUT2D eigenvalue weighted by atomic mass is 10.8. The first kappa shape index (κ1) is 13.1. The Bertz CT molecular complexity index is 139. The van der Waals surface area contributed by atoms with E-state index in [1.165, 1.54) is 0 Å². The molecule has 0 saturated heterocycles. The monoisotopic (exact) mass is 216 g/mol. The summed E-state index contributed by atoms with van der Waals surface area (Å²) >= 11 is 0.872. The third-order valence-electron chi connectivity index (χ3n) is 1.28. The van der Waals surface area contributed by atoms with E-state index in [-0.39, 0.29) is 5.50 Å². The van der Waals surface area contributed by atoms with Gasteiger partial charge in [-0.2, -0.15) is 13.2 Å².